The summed E-state index contributed by atoms with van der Waals surface area (Å²) in [7, 11) is 5.26. The van der Waals surface area contributed by atoms with Crippen LogP contribution in [0.15, 0.2) is 48.5 Å². The number of rotatable bonds is 12. The van der Waals surface area contributed by atoms with Crippen LogP contribution in [0.5, 0.6) is 11.5 Å². The minimum absolute atomic E-state index is 0.0185. The molecule has 0 spiro atoms. The van der Waals surface area contributed by atoms with Crippen molar-refractivity contribution >= 4 is 5.91 Å². The van der Waals surface area contributed by atoms with Crippen molar-refractivity contribution in [2.24, 2.45) is 0 Å². The van der Waals surface area contributed by atoms with Gasteiger partial charge in [-0.15, -0.1) is 13.2 Å². The van der Waals surface area contributed by atoms with E-state index in [1.807, 2.05) is 19.0 Å². The zero-order valence-electron chi connectivity index (χ0n) is 22.1. The molecule has 0 heterocycles. The van der Waals surface area contributed by atoms with E-state index in [2.05, 4.69) is 10.1 Å². The van der Waals surface area contributed by atoms with E-state index in [1.54, 1.807) is 24.3 Å². The second-order valence-electron chi connectivity index (χ2n) is 9.70. The highest BCUT2D eigenvalue weighted by atomic mass is 19.4. The Kier molecular flexibility index (Phi) is 10.6. The van der Waals surface area contributed by atoms with Gasteiger partial charge in [-0.3, -0.25) is 4.79 Å². The molecule has 0 bridgehead atoms. The van der Waals surface area contributed by atoms with Crippen molar-refractivity contribution in [2.45, 2.75) is 56.3 Å². The number of carbonyl (C=O) groups excluding carboxylic acids is 1. The van der Waals surface area contributed by atoms with Crippen molar-refractivity contribution in [1.82, 2.24) is 10.2 Å². The summed E-state index contributed by atoms with van der Waals surface area (Å²) < 4.78 is 59.0. The zero-order chi connectivity index (χ0) is 28.6. The average Bonchev–Trinajstić information content (AvgIpc) is 2.87. The van der Waals surface area contributed by atoms with Crippen LogP contribution in [-0.4, -0.2) is 85.6 Å². The minimum Gasteiger partial charge on any atom is -0.497 e. The van der Waals surface area contributed by atoms with E-state index in [0.29, 0.717) is 24.4 Å². The summed E-state index contributed by atoms with van der Waals surface area (Å²) in [5.74, 6) is -0.269. The Bertz CT molecular complexity index is 1090. The summed E-state index contributed by atoms with van der Waals surface area (Å²) in [6, 6.07) is 12.4. The fraction of sp³-hybridized carbons (Fsp3) is 0.519. The second kappa shape index (κ2) is 13.4. The van der Waals surface area contributed by atoms with Crippen LogP contribution in [-0.2, 0) is 27.5 Å². The predicted molar refractivity (Wildman–Crippen MR) is 135 cm³/mol. The first-order chi connectivity index (χ1) is 18.4. The van der Waals surface area contributed by atoms with E-state index in [1.165, 1.54) is 25.3 Å². The van der Waals surface area contributed by atoms with Crippen molar-refractivity contribution in [1.29, 1.82) is 0 Å². The largest absolute Gasteiger partial charge is 0.573 e. The molecule has 0 radical (unpaired) electrons. The van der Waals surface area contributed by atoms with Gasteiger partial charge in [-0.2, -0.15) is 0 Å². The molecule has 0 aliphatic heterocycles. The molecule has 1 unspecified atom stereocenters. The van der Waals surface area contributed by atoms with Gasteiger partial charge in [0, 0.05) is 25.9 Å². The number of amides is 1. The maximum atomic E-state index is 13.4. The van der Waals surface area contributed by atoms with Crippen molar-refractivity contribution in [2.75, 3.05) is 34.3 Å². The number of benzene rings is 2. The number of likely N-dealkylation sites (N-methyl/N-ethyl adjacent to an activating group) is 1. The van der Waals surface area contributed by atoms with Crippen molar-refractivity contribution in [3.8, 4) is 11.5 Å². The predicted octanol–water partition coefficient (Wildman–Crippen LogP) is 2.63. The standard InChI is InChI=1S/C27H35F3N2O7/c1-32(2)11-10-31-25(35)26(38-17-19-7-4-8-20(12-19)36-3)14-22(33)24(34)23(15-26)37-16-18-6-5-9-21(13-18)39-27(28,29)30/h4-9,12-13,22-24,33-34H,10-11,14-17H2,1-3H3,(H,31,35)/t22-,23?,24-,26+/m1/s1. The van der Waals surface area contributed by atoms with Gasteiger partial charge in [0.2, 0.25) is 0 Å². The number of nitrogens with one attached hydrogen (secondary N) is 1. The number of hydrogen-bond donors (Lipinski definition) is 3. The summed E-state index contributed by atoms with van der Waals surface area (Å²) in [5.41, 5.74) is -0.461. The van der Waals surface area contributed by atoms with Crippen molar-refractivity contribution in [3.05, 3.63) is 59.7 Å². The first kappa shape index (κ1) is 30.6. The van der Waals surface area contributed by atoms with Crippen LogP contribution < -0.4 is 14.8 Å². The Morgan fingerprint density at radius 1 is 1.05 bits per heavy atom. The first-order valence-electron chi connectivity index (χ1n) is 12.4. The Hall–Kier alpha value is -2.90. The molecular weight excluding hydrogens is 521 g/mol. The molecule has 2 aromatic rings. The number of carbonyl (C=O) groups is 1. The van der Waals surface area contributed by atoms with E-state index >= 15 is 0 Å². The van der Waals surface area contributed by atoms with Crippen molar-refractivity contribution < 1.29 is 47.1 Å². The highest BCUT2D eigenvalue weighted by Gasteiger charge is 2.51. The third-order valence-corrected chi connectivity index (χ3v) is 6.35. The molecule has 216 valence electrons. The smallest absolute Gasteiger partial charge is 0.497 e. The maximum absolute atomic E-state index is 13.4. The van der Waals surface area contributed by atoms with Gasteiger partial charge in [-0.05, 0) is 49.5 Å². The van der Waals surface area contributed by atoms with Gasteiger partial charge >= 0.3 is 6.36 Å². The number of halogens is 3. The lowest BCUT2D eigenvalue weighted by atomic mass is 9.78. The van der Waals surface area contributed by atoms with E-state index < -0.39 is 41.9 Å². The summed E-state index contributed by atoms with van der Waals surface area (Å²) in [6.07, 6.45) is -8.87. The van der Waals surface area contributed by atoms with Crippen LogP contribution in [0.3, 0.4) is 0 Å². The first-order valence-corrected chi connectivity index (χ1v) is 12.4. The van der Waals surface area contributed by atoms with Crippen LogP contribution in [0.25, 0.3) is 0 Å². The van der Waals surface area contributed by atoms with Gasteiger partial charge in [0.1, 0.15) is 17.6 Å². The Morgan fingerprint density at radius 3 is 2.33 bits per heavy atom. The van der Waals surface area contributed by atoms with E-state index in [4.69, 9.17) is 14.2 Å². The summed E-state index contributed by atoms with van der Waals surface area (Å²) in [4.78, 5) is 15.3. The molecule has 0 aromatic heterocycles. The summed E-state index contributed by atoms with van der Waals surface area (Å²) in [6.45, 7) is 0.716. The molecule has 3 rings (SSSR count). The van der Waals surface area contributed by atoms with Crippen LogP contribution in [0.2, 0.25) is 0 Å². The summed E-state index contributed by atoms with van der Waals surface area (Å²) >= 11 is 0. The normalized spacial score (nSPS) is 23.5. The van der Waals surface area contributed by atoms with Gasteiger partial charge in [0.15, 0.2) is 5.60 Å². The van der Waals surface area contributed by atoms with Gasteiger partial charge < -0.3 is 39.4 Å². The Labute approximate surface area is 225 Å². The number of hydrogen-bond acceptors (Lipinski definition) is 8. The lowest BCUT2D eigenvalue weighted by Crippen LogP contribution is -2.61. The van der Waals surface area contributed by atoms with E-state index in [9.17, 15) is 28.2 Å². The minimum atomic E-state index is -4.84. The summed E-state index contributed by atoms with van der Waals surface area (Å²) in [5, 5.41) is 24.3. The SMILES string of the molecule is COc1cccc(CO[C@]2(C(=O)NCCN(C)C)CC(OCc3cccc(OC(F)(F)F)c3)[C@H](O)[C@H](O)C2)c1. The number of aliphatic hydroxyl groups excluding tert-OH is 2. The Balaban J connectivity index is 1.78. The lowest BCUT2D eigenvalue weighted by molar-refractivity contribution is -0.274. The number of alkyl halides is 3. The monoisotopic (exact) mass is 556 g/mol. The molecule has 1 amide bonds. The quantitative estimate of drug-likeness (QED) is 0.366. The molecule has 1 saturated carbocycles. The second-order valence-corrected chi connectivity index (χ2v) is 9.70. The number of methoxy groups -OCH3 is 1. The van der Waals surface area contributed by atoms with E-state index in [-0.39, 0.29) is 26.1 Å². The number of aliphatic hydroxyl groups is 2. The topological polar surface area (TPSA) is 110 Å². The Morgan fingerprint density at radius 2 is 1.69 bits per heavy atom. The van der Waals surface area contributed by atoms with Gasteiger partial charge in [-0.25, -0.2) is 0 Å². The van der Waals surface area contributed by atoms with Gasteiger partial charge in [0.05, 0.1) is 32.5 Å². The average molecular weight is 557 g/mol. The fourth-order valence-corrected chi connectivity index (χ4v) is 4.34. The van der Waals surface area contributed by atoms with Gasteiger partial charge in [0.25, 0.3) is 5.91 Å². The maximum Gasteiger partial charge on any atom is 0.573 e. The number of nitrogens with zero attached hydrogens (tertiary/aromatic N) is 1. The van der Waals surface area contributed by atoms with Crippen LogP contribution in [0.4, 0.5) is 13.2 Å². The van der Waals surface area contributed by atoms with Crippen molar-refractivity contribution in [3.63, 3.8) is 0 Å². The third kappa shape index (κ3) is 9.07. The molecule has 0 saturated heterocycles. The molecule has 12 heteroatoms. The molecular formula is C27H35F3N2O7. The molecule has 39 heavy (non-hydrogen) atoms. The van der Waals surface area contributed by atoms with E-state index in [0.717, 1.165) is 11.6 Å². The molecule has 1 fully saturated rings. The van der Waals surface area contributed by atoms with Crippen LogP contribution >= 0.6 is 0 Å². The highest BCUT2D eigenvalue weighted by Crippen LogP contribution is 2.36. The fourth-order valence-electron chi connectivity index (χ4n) is 4.34. The third-order valence-electron chi connectivity index (χ3n) is 6.35. The van der Waals surface area contributed by atoms with Crippen LogP contribution in [0, 0.1) is 0 Å². The molecule has 2 aromatic carbocycles. The molecule has 3 N–H and O–H groups in total. The molecule has 9 nitrogen and oxygen atoms in total. The molecule has 1 aliphatic rings. The van der Waals surface area contributed by atoms with Gasteiger partial charge in [-0.1, -0.05) is 24.3 Å². The molecule has 1 aliphatic carbocycles. The highest BCUT2D eigenvalue weighted by molar-refractivity contribution is 5.85. The zero-order valence-corrected chi connectivity index (χ0v) is 22.1. The van der Waals surface area contributed by atoms with Crippen LogP contribution in [0.1, 0.15) is 24.0 Å². The molecule has 4 atom stereocenters. The number of ether oxygens (including phenoxy) is 4. The lowest BCUT2D eigenvalue weighted by Gasteiger charge is -2.44.